The van der Waals surface area contributed by atoms with Gasteiger partial charge in [0.15, 0.2) is 0 Å². The fraction of sp³-hybridized carbons (Fsp3) is 0.438. The number of para-hydroxylation sites is 1. The van der Waals surface area contributed by atoms with Crippen LogP contribution in [0, 0.1) is 0 Å². The Balaban J connectivity index is 1.67. The molecule has 2 aromatic rings. The van der Waals surface area contributed by atoms with Gasteiger partial charge in [-0.3, -0.25) is 0 Å². The van der Waals surface area contributed by atoms with Gasteiger partial charge in [0.1, 0.15) is 5.82 Å². The predicted molar refractivity (Wildman–Crippen MR) is 80.0 cm³/mol. The molecule has 0 unspecified atom stereocenters. The summed E-state index contributed by atoms with van der Waals surface area (Å²) < 4.78 is 5.59. The number of aliphatic hydroxyl groups excluding tert-OH is 1. The molecule has 1 N–H and O–H groups in total. The van der Waals surface area contributed by atoms with Gasteiger partial charge in [0.05, 0.1) is 24.8 Å². The molecule has 0 bridgehead atoms. The topological polar surface area (TPSA) is 45.6 Å². The summed E-state index contributed by atoms with van der Waals surface area (Å²) in [6.45, 7) is 2.47. The van der Waals surface area contributed by atoms with E-state index in [9.17, 15) is 0 Å². The van der Waals surface area contributed by atoms with Crippen molar-refractivity contribution in [3.8, 4) is 0 Å². The Labute approximate surface area is 119 Å². The Bertz CT molecular complexity index is 565. The summed E-state index contributed by atoms with van der Waals surface area (Å²) in [6, 6.07) is 12.4. The average Bonchev–Trinajstić information content (AvgIpc) is 2.53. The van der Waals surface area contributed by atoms with E-state index in [4.69, 9.17) is 14.8 Å². The van der Waals surface area contributed by atoms with Crippen molar-refractivity contribution >= 4 is 16.7 Å². The van der Waals surface area contributed by atoms with Crippen molar-refractivity contribution in [1.82, 2.24) is 4.98 Å². The normalized spacial score (nSPS) is 16.8. The molecule has 20 heavy (non-hydrogen) atoms. The van der Waals surface area contributed by atoms with Crippen LogP contribution in [0.15, 0.2) is 36.4 Å². The minimum atomic E-state index is 0.104. The molecule has 0 radical (unpaired) electrons. The fourth-order valence-electron chi connectivity index (χ4n) is 2.70. The highest BCUT2D eigenvalue weighted by molar-refractivity contribution is 5.80. The lowest BCUT2D eigenvalue weighted by molar-refractivity contribution is 0.0158. The largest absolute Gasteiger partial charge is 0.394 e. The highest BCUT2D eigenvalue weighted by Crippen LogP contribution is 2.22. The molecule has 1 aromatic heterocycles. The van der Waals surface area contributed by atoms with Crippen molar-refractivity contribution in [1.29, 1.82) is 0 Å². The molecule has 0 atom stereocenters. The Morgan fingerprint density at radius 2 is 1.95 bits per heavy atom. The van der Waals surface area contributed by atoms with Crippen LogP contribution in [-0.2, 0) is 4.74 Å². The zero-order valence-electron chi connectivity index (χ0n) is 11.5. The van der Waals surface area contributed by atoms with Gasteiger partial charge in [-0.1, -0.05) is 18.2 Å². The quantitative estimate of drug-likeness (QED) is 0.927. The van der Waals surface area contributed by atoms with Gasteiger partial charge in [-0.15, -0.1) is 0 Å². The average molecular weight is 272 g/mol. The van der Waals surface area contributed by atoms with Gasteiger partial charge in [0.25, 0.3) is 0 Å². The Kier molecular flexibility index (Phi) is 4.14. The van der Waals surface area contributed by atoms with Crippen LogP contribution < -0.4 is 4.90 Å². The number of ether oxygens (including phenoxy) is 1. The smallest absolute Gasteiger partial charge is 0.129 e. The molecule has 1 aliphatic rings. The predicted octanol–water partition coefficient (Wildman–Crippen LogP) is 2.21. The van der Waals surface area contributed by atoms with Crippen molar-refractivity contribution in [2.45, 2.75) is 18.9 Å². The Morgan fingerprint density at radius 3 is 2.75 bits per heavy atom. The number of aliphatic hydroxyl groups is 1. The molecule has 0 aliphatic carbocycles. The highest BCUT2D eigenvalue weighted by atomic mass is 16.5. The standard InChI is InChI=1S/C16H20N2O2/c19-11-12-20-14-7-9-18(10-8-14)16-6-5-13-3-1-2-4-15(13)17-16/h1-6,14,19H,7-12H2. The van der Waals surface area contributed by atoms with E-state index in [1.54, 1.807) is 0 Å². The summed E-state index contributed by atoms with van der Waals surface area (Å²) in [4.78, 5) is 7.04. The number of benzene rings is 1. The second kappa shape index (κ2) is 6.20. The number of rotatable bonds is 4. The van der Waals surface area contributed by atoms with E-state index in [-0.39, 0.29) is 12.7 Å². The Hall–Kier alpha value is -1.65. The molecule has 1 saturated heterocycles. The first kappa shape index (κ1) is 13.3. The number of pyridine rings is 1. The van der Waals surface area contributed by atoms with E-state index >= 15 is 0 Å². The molecular weight excluding hydrogens is 252 g/mol. The van der Waals surface area contributed by atoms with Crippen LogP contribution in [-0.4, -0.2) is 42.5 Å². The van der Waals surface area contributed by atoms with Gasteiger partial charge in [-0.05, 0) is 31.0 Å². The SMILES string of the molecule is OCCOC1CCN(c2ccc3ccccc3n2)CC1. The minimum absolute atomic E-state index is 0.104. The lowest BCUT2D eigenvalue weighted by atomic mass is 10.1. The molecule has 106 valence electrons. The van der Waals surface area contributed by atoms with Crippen LogP contribution in [0.3, 0.4) is 0 Å². The fourth-order valence-corrected chi connectivity index (χ4v) is 2.70. The number of hydrogen-bond donors (Lipinski definition) is 1. The lowest BCUT2D eigenvalue weighted by Crippen LogP contribution is -2.37. The Morgan fingerprint density at radius 1 is 1.15 bits per heavy atom. The molecule has 4 heteroatoms. The highest BCUT2D eigenvalue weighted by Gasteiger charge is 2.20. The number of aromatic nitrogens is 1. The van der Waals surface area contributed by atoms with E-state index in [0.29, 0.717) is 6.61 Å². The molecule has 3 rings (SSSR count). The summed E-state index contributed by atoms with van der Waals surface area (Å²) in [5.41, 5.74) is 1.05. The lowest BCUT2D eigenvalue weighted by Gasteiger charge is -2.32. The molecule has 0 spiro atoms. The van der Waals surface area contributed by atoms with Crippen molar-refractivity contribution in [2.24, 2.45) is 0 Å². The first-order chi connectivity index (χ1) is 9.86. The summed E-state index contributed by atoms with van der Waals surface area (Å²) in [5.74, 6) is 1.05. The third-order valence-electron chi connectivity index (χ3n) is 3.79. The molecule has 0 amide bonds. The summed E-state index contributed by atoms with van der Waals surface area (Å²) >= 11 is 0. The number of piperidine rings is 1. The number of anilines is 1. The van der Waals surface area contributed by atoms with Crippen LogP contribution in [0.4, 0.5) is 5.82 Å². The second-order valence-corrected chi connectivity index (χ2v) is 5.14. The van der Waals surface area contributed by atoms with Gasteiger partial charge >= 0.3 is 0 Å². The summed E-state index contributed by atoms with van der Waals surface area (Å²) in [6.07, 6.45) is 2.27. The first-order valence-corrected chi connectivity index (χ1v) is 7.20. The van der Waals surface area contributed by atoms with E-state index < -0.39 is 0 Å². The summed E-state index contributed by atoms with van der Waals surface area (Å²) in [7, 11) is 0. The molecular formula is C16H20N2O2. The molecule has 1 fully saturated rings. The van der Waals surface area contributed by atoms with Crippen LogP contribution in [0.1, 0.15) is 12.8 Å². The number of hydrogen-bond acceptors (Lipinski definition) is 4. The maximum atomic E-state index is 8.78. The maximum absolute atomic E-state index is 8.78. The van der Waals surface area contributed by atoms with E-state index in [1.807, 2.05) is 12.1 Å². The van der Waals surface area contributed by atoms with Gasteiger partial charge in [-0.25, -0.2) is 4.98 Å². The zero-order valence-corrected chi connectivity index (χ0v) is 11.5. The monoisotopic (exact) mass is 272 g/mol. The van der Waals surface area contributed by atoms with Gasteiger partial charge < -0.3 is 14.7 Å². The van der Waals surface area contributed by atoms with Crippen LogP contribution in [0.2, 0.25) is 0 Å². The molecule has 1 aromatic carbocycles. The van der Waals surface area contributed by atoms with Crippen LogP contribution in [0.5, 0.6) is 0 Å². The van der Waals surface area contributed by atoms with E-state index in [1.165, 1.54) is 5.39 Å². The molecule has 0 saturated carbocycles. The van der Waals surface area contributed by atoms with E-state index in [2.05, 4.69) is 29.2 Å². The molecule has 1 aliphatic heterocycles. The number of fused-ring (bicyclic) bond motifs is 1. The minimum Gasteiger partial charge on any atom is -0.394 e. The summed E-state index contributed by atoms with van der Waals surface area (Å²) in [5, 5.41) is 9.96. The van der Waals surface area contributed by atoms with Gasteiger partial charge in [-0.2, -0.15) is 0 Å². The third kappa shape index (κ3) is 2.92. The van der Waals surface area contributed by atoms with Crippen LogP contribution in [0.25, 0.3) is 10.9 Å². The molecule has 2 heterocycles. The van der Waals surface area contributed by atoms with Gasteiger partial charge in [0, 0.05) is 18.5 Å². The number of nitrogens with zero attached hydrogens (tertiary/aromatic N) is 2. The third-order valence-corrected chi connectivity index (χ3v) is 3.79. The van der Waals surface area contributed by atoms with Crippen molar-refractivity contribution in [2.75, 3.05) is 31.2 Å². The van der Waals surface area contributed by atoms with Crippen LogP contribution >= 0.6 is 0 Å². The molecule has 4 nitrogen and oxygen atoms in total. The zero-order chi connectivity index (χ0) is 13.8. The van der Waals surface area contributed by atoms with Crippen molar-refractivity contribution in [3.05, 3.63) is 36.4 Å². The maximum Gasteiger partial charge on any atom is 0.129 e. The van der Waals surface area contributed by atoms with Crippen molar-refractivity contribution < 1.29 is 9.84 Å². The van der Waals surface area contributed by atoms with Gasteiger partial charge in [0.2, 0.25) is 0 Å². The second-order valence-electron chi connectivity index (χ2n) is 5.14. The van der Waals surface area contributed by atoms with Crippen molar-refractivity contribution in [3.63, 3.8) is 0 Å². The first-order valence-electron chi connectivity index (χ1n) is 7.20. The van der Waals surface area contributed by atoms with E-state index in [0.717, 1.165) is 37.3 Å².